The summed E-state index contributed by atoms with van der Waals surface area (Å²) in [5.74, 6) is 0.907. The topological polar surface area (TPSA) is 9.23 Å². The molecule has 0 N–H and O–H groups in total. The summed E-state index contributed by atoms with van der Waals surface area (Å²) in [5.41, 5.74) is 4.74. The van der Waals surface area contributed by atoms with Gasteiger partial charge in [0.25, 0.3) is 0 Å². The minimum atomic E-state index is 0.690. The molecule has 0 aliphatic carbocycles. The van der Waals surface area contributed by atoms with E-state index in [-0.39, 0.29) is 0 Å². The van der Waals surface area contributed by atoms with Gasteiger partial charge in [-0.25, -0.2) is 0 Å². The SMILES string of the molecule is CCOc1ccc(-c2ccc(-c3ccc(Cl)cc3)cc2)cc1. The Hall–Kier alpha value is -2.25. The van der Waals surface area contributed by atoms with Crippen molar-refractivity contribution in [2.45, 2.75) is 6.92 Å². The number of ether oxygens (including phenoxy) is 1. The molecule has 0 atom stereocenters. The van der Waals surface area contributed by atoms with Crippen LogP contribution in [0.5, 0.6) is 5.75 Å². The number of hydrogen-bond acceptors (Lipinski definition) is 1. The Morgan fingerprint density at radius 1 is 0.636 bits per heavy atom. The largest absolute Gasteiger partial charge is 0.494 e. The van der Waals surface area contributed by atoms with Gasteiger partial charge in [0.15, 0.2) is 0 Å². The first-order valence-electron chi connectivity index (χ1n) is 7.35. The van der Waals surface area contributed by atoms with Crippen molar-refractivity contribution in [2.75, 3.05) is 6.61 Å². The molecular weight excluding hydrogens is 292 g/mol. The zero-order valence-corrected chi connectivity index (χ0v) is 13.2. The van der Waals surface area contributed by atoms with Gasteiger partial charge >= 0.3 is 0 Å². The maximum Gasteiger partial charge on any atom is 0.119 e. The van der Waals surface area contributed by atoms with Crippen LogP contribution >= 0.6 is 11.6 Å². The summed E-state index contributed by atoms with van der Waals surface area (Å²) in [6, 6.07) is 24.6. The molecule has 0 fully saturated rings. The number of rotatable bonds is 4. The highest BCUT2D eigenvalue weighted by atomic mass is 35.5. The third-order valence-electron chi connectivity index (χ3n) is 3.56. The van der Waals surface area contributed by atoms with E-state index in [1.807, 2.05) is 43.3 Å². The van der Waals surface area contributed by atoms with Gasteiger partial charge < -0.3 is 4.74 Å². The quantitative estimate of drug-likeness (QED) is 0.568. The van der Waals surface area contributed by atoms with Gasteiger partial charge in [-0.15, -0.1) is 0 Å². The monoisotopic (exact) mass is 308 g/mol. The summed E-state index contributed by atoms with van der Waals surface area (Å²) in [7, 11) is 0. The third-order valence-corrected chi connectivity index (χ3v) is 3.81. The number of halogens is 1. The highest BCUT2D eigenvalue weighted by Gasteiger charge is 2.01. The first-order chi connectivity index (χ1) is 10.8. The van der Waals surface area contributed by atoms with Crippen LogP contribution in [0, 0.1) is 0 Å². The molecule has 0 aliphatic heterocycles. The van der Waals surface area contributed by atoms with E-state index in [0.717, 1.165) is 10.8 Å². The molecule has 0 aromatic heterocycles. The van der Waals surface area contributed by atoms with E-state index in [1.54, 1.807) is 0 Å². The lowest BCUT2D eigenvalue weighted by Gasteiger charge is -2.07. The lowest BCUT2D eigenvalue weighted by Crippen LogP contribution is -1.90. The number of hydrogen-bond donors (Lipinski definition) is 0. The van der Waals surface area contributed by atoms with Crippen molar-refractivity contribution in [1.82, 2.24) is 0 Å². The first-order valence-corrected chi connectivity index (χ1v) is 7.73. The predicted octanol–water partition coefficient (Wildman–Crippen LogP) is 6.07. The van der Waals surface area contributed by atoms with E-state index < -0.39 is 0 Å². The lowest BCUT2D eigenvalue weighted by molar-refractivity contribution is 0.340. The Kier molecular flexibility index (Phi) is 4.45. The van der Waals surface area contributed by atoms with Crippen LogP contribution in [0.3, 0.4) is 0 Å². The Morgan fingerprint density at radius 2 is 1.00 bits per heavy atom. The van der Waals surface area contributed by atoms with Crippen LogP contribution in [0.4, 0.5) is 0 Å². The summed E-state index contributed by atoms with van der Waals surface area (Å²) in [5, 5.41) is 0.759. The second-order valence-corrected chi connectivity index (χ2v) is 5.48. The Morgan fingerprint density at radius 3 is 1.41 bits per heavy atom. The molecule has 0 aliphatic rings. The second-order valence-electron chi connectivity index (χ2n) is 5.04. The average molecular weight is 309 g/mol. The molecule has 0 radical (unpaired) electrons. The molecule has 0 amide bonds. The molecule has 1 nitrogen and oxygen atoms in total. The van der Waals surface area contributed by atoms with Gasteiger partial charge in [0.2, 0.25) is 0 Å². The minimum absolute atomic E-state index is 0.690. The molecule has 0 saturated heterocycles. The smallest absolute Gasteiger partial charge is 0.119 e. The zero-order chi connectivity index (χ0) is 15.4. The van der Waals surface area contributed by atoms with Crippen molar-refractivity contribution in [3.63, 3.8) is 0 Å². The molecule has 0 heterocycles. The van der Waals surface area contributed by atoms with Gasteiger partial charge in [-0.1, -0.05) is 60.1 Å². The van der Waals surface area contributed by atoms with E-state index in [9.17, 15) is 0 Å². The van der Waals surface area contributed by atoms with Crippen LogP contribution < -0.4 is 4.74 Å². The van der Waals surface area contributed by atoms with E-state index in [4.69, 9.17) is 16.3 Å². The van der Waals surface area contributed by atoms with E-state index >= 15 is 0 Å². The van der Waals surface area contributed by atoms with Crippen molar-refractivity contribution in [3.05, 3.63) is 77.8 Å². The maximum atomic E-state index is 5.93. The van der Waals surface area contributed by atoms with Crippen LogP contribution in [-0.4, -0.2) is 6.61 Å². The van der Waals surface area contributed by atoms with Crippen LogP contribution in [-0.2, 0) is 0 Å². The summed E-state index contributed by atoms with van der Waals surface area (Å²) in [4.78, 5) is 0. The summed E-state index contributed by atoms with van der Waals surface area (Å²) >= 11 is 5.93. The zero-order valence-electron chi connectivity index (χ0n) is 12.4. The van der Waals surface area contributed by atoms with Gasteiger partial charge in [0.1, 0.15) is 5.75 Å². The number of benzene rings is 3. The molecule has 3 aromatic carbocycles. The van der Waals surface area contributed by atoms with Gasteiger partial charge in [-0.05, 0) is 53.4 Å². The molecule has 0 saturated carbocycles. The van der Waals surface area contributed by atoms with Crippen molar-refractivity contribution in [1.29, 1.82) is 0 Å². The molecule has 110 valence electrons. The van der Waals surface area contributed by atoms with Gasteiger partial charge in [0, 0.05) is 5.02 Å². The van der Waals surface area contributed by atoms with Gasteiger partial charge in [-0.3, -0.25) is 0 Å². The molecule has 22 heavy (non-hydrogen) atoms. The molecule has 0 unspecified atom stereocenters. The fourth-order valence-electron chi connectivity index (χ4n) is 2.41. The summed E-state index contributed by atoms with van der Waals surface area (Å²) in [6.07, 6.45) is 0. The molecule has 2 heteroatoms. The standard InChI is InChI=1S/C20H17ClO/c1-2-22-20-13-9-18(10-14-20)16-5-3-15(4-6-16)17-7-11-19(21)12-8-17/h3-14H,2H2,1H3. The first kappa shape index (κ1) is 14.7. The Balaban J connectivity index is 1.83. The Bertz CT molecular complexity index is 728. The lowest BCUT2D eigenvalue weighted by atomic mass is 10.0. The fraction of sp³-hybridized carbons (Fsp3) is 0.100. The highest BCUT2D eigenvalue weighted by Crippen LogP contribution is 2.27. The predicted molar refractivity (Wildman–Crippen MR) is 93.5 cm³/mol. The van der Waals surface area contributed by atoms with E-state index in [1.165, 1.54) is 22.3 Å². The molecule has 3 rings (SSSR count). The summed E-state index contributed by atoms with van der Waals surface area (Å²) in [6.45, 7) is 2.68. The van der Waals surface area contributed by atoms with Crippen molar-refractivity contribution >= 4 is 11.6 Å². The van der Waals surface area contributed by atoms with Crippen molar-refractivity contribution in [2.24, 2.45) is 0 Å². The van der Waals surface area contributed by atoms with Crippen molar-refractivity contribution in [3.8, 4) is 28.0 Å². The molecule has 3 aromatic rings. The van der Waals surface area contributed by atoms with Crippen LogP contribution in [0.1, 0.15) is 6.92 Å². The molecular formula is C20H17ClO. The van der Waals surface area contributed by atoms with Crippen LogP contribution in [0.15, 0.2) is 72.8 Å². The Labute approximate surface area is 136 Å². The van der Waals surface area contributed by atoms with Gasteiger partial charge in [0.05, 0.1) is 6.61 Å². The maximum absolute atomic E-state index is 5.93. The van der Waals surface area contributed by atoms with E-state index in [2.05, 4.69) is 36.4 Å². The fourth-order valence-corrected chi connectivity index (χ4v) is 2.53. The minimum Gasteiger partial charge on any atom is -0.494 e. The molecule has 0 bridgehead atoms. The van der Waals surface area contributed by atoms with Crippen LogP contribution in [0.2, 0.25) is 5.02 Å². The van der Waals surface area contributed by atoms with Gasteiger partial charge in [-0.2, -0.15) is 0 Å². The van der Waals surface area contributed by atoms with E-state index in [0.29, 0.717) is 6.61 Å². The van der Waals surface area contributed by atoms with Crippen molar-refractivity contribution < 1.29 is 4.74 Å². The van der Waals surface area contributed by atoms with Crippen LogP contribution in [0.25, 0.3) is 22.3 Å². The normalized spacial score (nSPS) is 10.5. The average Bonchev–Trinajstić information content (AvgIpc) is 2.57. The summed E-state index contributed by atoms with van der Waals surface area (Å²) < 4.78 is 5.47. The highest BCUT2D eigenvalue weighted by molar-refractivity contribution is 6.30. The third kappa shape index (κ3) is 3.32. The second kappa shape index (κ2) is 6.67. The molecule has 0 spiro atoms.